The predicted molar refractivity (Wildman–Crippen MR) is 68.6 cm³/mol. The molecule has 0 saturated heterocycles. The molecule has 15 heavy (non-hydrogen) atoms. The van der Waals surface area contributed by atoms with Crippen LogP contribution in [0.3, 0.4) is 0 Å². The molecule has 0 aliphatic carbocycles. The average Bonchev–Trinajstić information content (AvgIpc) is 2.01. The number of hydrogen-bond acceptors (Lipinski definition) is 2. The zero-order chi connectivity index (χ0) is 12.1. The molecule has 0 aromatic carbocycles. The molecule has 0 aliphatic rings. The summed E-state index contributed by atoms with van der Waals surface area (Å²) in [6.07, 6.45) is 0.808. The molecule has 0 spiro atoms. The van der Waals surface area contributed by atoms with Crippen molar-refractivity contribution in [2.75, 3.05) is 19.4 Å². The summed E-state index contributed by atoms with van der Waals surface area (Å²) >= 11 is 0. The summed E-state index contributed by atoms with van der Waals surface area (Å²) in [4.78, 5) is 0. The van der Waals surface area contributed by atoms with Crippen molar-refractivity contribution in [3.8, 4) is 0 Å². The van der Waals surface area contributed by atoms with E-state index in [0.717, 1.165) is 19.4 Å². The van der Waals surface area contributed by atoms with Crippen LogP contribution in [0.15, 0.2) is 0 Å². The van der Waals surface area contributed by atoms with Gasteiger partial charge in [0.15, 0.2) is 0 Å². The largest absolute Gasteiger partial charge is 0.415 e. The number of hydrogen-bond donors (Lipinski definition) is 0. The van der Waals surface area contributed by atoms with Gasteiger partial charge in [-0.3, -0.25) is 0 Å². The van der Waals surface area contributed by atoms with Crippen LogP contribution in [0.5, 0.6) is 0 Å². The van der Waals surface area contributed by atoms with Crippen LogP contribution in [0.25, 0.3) is 0 Å². The maximum atomic E-state index is 5.99. The minimum absolute atomic E-state index is 0.236. The fourth-order valence-electron chi connectivity index (χ4n) is 1.28. The number of ether oxygens (including phenoxy) is 1. The Kier molecular flexibility index (Phi) is 6.07. The van der Waals surface area contributed by atoms with E-state index in [1.807, 2.05) is 0 Å². The second-order valence-corrected chi connectivity index (χ2v) is 10.4. The molecule has 0 N–H and O–H groups in total. The van der Waals surface area contributed by atoms with Gasteiger partial charge in [0.25, 0.3) is 0 Å². The second kappa shape index (κ2) is 6.02. The van der Waals surface area contributed by atoms with Gasteiger partial charge in [0.2, 0.25) is 8.32 Å². The lowest BCUT2D eigenvalue weighted by molar-refractivity contribution is 0.124. The minimum atomic E-state index is -1.74. The summed E-state index contributed by atoms with van der Waals surface area (Å²) in [5.41, 5.74) is 0. The Morgan fingerprint density at radius 3 is 2.07 bits per heavy atom. The van der Waals surface area contributed by atoms with Crippen LogP contribution in [-0.4, -0.2) is 27.8 Å². The first-order valence-electron chi connectivity index (χ1n) is 5.94. The van der Waals surface area contributed by atoms with Gasteiger partial charge in [-0.15, -0.1) is 0 Å². The van der Waals surface area contributed by atoms with Gasteiger partial charge in [-0.05, 0) is 24.4 Å². The Hall–Kier alpha value is 0.137. The zero-order valence-corrected chi connectivity index (χ0v) is 12.5. The van der Waals surface area contributed by atoms with Crippen LogP contribution in [-0.2, 0) is 9.16 Å². The summed E-state index contributed by atoms with van der Waals surface area (Å²) in [5, 5.41) is 0.236. The molecule has 0 radical (unpaired) electrons. The van der Waals surface area contributed by atoms with Gasteiger partial charge in [-0.1, -0.05) is 34.6 Å². The van der Waals surface area contributed by atoms with E-state index in [0.29, 0.717) is 5.92 Å². The van der Waals surface area contributed by atoms with Gasteiger partial charge in [0.05, 0.1) is 6.23 Å². The molecule has 2 nitrogen and oxygen atoms in total. The maximum absolute atomic E-state index is 5.99. The van der Waals surface area contributed by atoms with Gasteiger partial charge in [0.1, 0.15) is 0 Å². The Labute approximate surface area is 96.5 Å². The van der Waals surface area contributed by atoms with Crippen LogP contribution in [0, 0.1) is 5.92 Å². The summed E-state index contributed by atoms with van der Waals surface area (Å²) in [6, 6.07) is 0. The fraction of sp³-hybridized carbons (Fsp3) is 1.00. The molecule has 0 amide bonds. The first-order valence-corrected chi connectivity index (χ1v) is 8.56. The van der Waals surface area contributed by atoms with Crippen LogP contribution < -0.4 is 0 Å². The van der Waals surface area contributed by atoms with Crippen LogP contribution in [0.2, 0.25) is 11.6 Å². The van der Waals surface area contributed by atoms with E-state index >= 15 is 0 Å². The third-order valence-electron chi connectivity index (χ3n) is 2.88. The Balaban J connectivity index is 4.26. The molecule has 0 aromatic rings. The normalized spacial score (nSPS) is 16.8. The van der Waals surface area contributed by atoms with Gasteiger partial charge in [0, 0.05) is 13.2 Å². The molecule has 0 bridgehead atoms. The van der Waals surface area contributed by atoms with E-state index < -0.39 is 8.32 Å². The minimum Gasteiger partial charge on any atom is -0.415 e. The first kappa shape index (κ1) is 15.1. The smallest absolute Gasteiger partial charge is 0.220 e. The molecule has 0 aromatic heterocycles. The lowest BCUT2D eigenvalue weighted by atomic mass is 10.2. The highest BCUT2D eigenvalue weighted by Crippen LogP contribution is 2.36. The molecule has 0 aliphatic heterocycles. The Morgan fingerprint density at radius 2 is 1.73 bits per heavy atom. The summed E-state index contributed by atoms with van der Waals surface area (Å²) in [5.74, 6) is 0.602. The topological polar surface area (TPSA) is 18.5 Å². The van der Waals surface area contributed by atoms with E-state index in [9.17, 15) is 0 Å². The van der Waals surface area contributed by atoms with Crippen molar-refractivity contribution in [3.63, 3.8) is 0 Å². The molecule has 0 saturated carbocycles. The standard InChI is InChI=1S/C12H28O2Si/c1-8-14-15(7,12(4,5)6)10-13-9-11(2)3/h11H,8-10H2,1-7H3. The third kappa shape index (κ3) is 5.14. The van der Waals surface area contributed by atoms with E-state index in [2.05, 4.69) is 48.1 Å². The highest BCUT2D eigenvalue weighted by Gasteiger charge is 2.42. The molecule has 3 heteroatoms. The van der Waals surface area contributed by atoms with Crippen molar-refractivity contribution in [1.29, 1.82) is 0 Å². The van der Waals surface area contributed by atoms with Crippen molar-refractivity contribution in [2.45, 2.75) is 53.1 Å². The highest BCUT2D eigenvalue weighted by atomic mass is 28.4. The lowest BCUT2D eigenvalue weighted by Crippen LogP contribution is -2.49. The highest BCUT2D eigenvalue weighted by molar-refractivity contribution is 6.75. The molecule has 1 atom stereocenters. The summed E-state index contributed by atoms with van der Waals surface area (Å²) in [7, 11) is -1.74. The summed E-state index contributed by atoms with van der Waals surface area (Å²) in [6.45, 7) is 17.1. The molecule has 0 fully saturated rings. The zero-order valence-electron chi connectivity index (χ0n) is 11.5. The van der Waals surface area contributed by atoms with Crippen LogP contribution >= 0.6 is 0 Å². The third-order valence-corrected chi connectivity index (χ3v) is 7.73. The quantitative estimate of drug-likeness (QED) is 0.651. The van der Waals surface area contributed by atoms with Gasteiger partial charge in [-0.2, -0.15) is 0 Å². The Morgan fingerprint density at radius 1 is 1.20 bits per heavy atom. The van der Waals surface area contributed by atoms with E-state index in [1.54, 1.807) is 0 Å². The van der Waals surface area contributed by atoms with Crippen LogP contribution in [0.1, 0.15) is 41.5 Å². The van der Waals surface area contributed by atoms with Crippen molar-refractivity contribution >= 4 is 8.32 Å². The van der Waals surface area contributed by atoms with Crippen molar-refractivity contribution in [3.05, 3.63) is 0 Å². The molecule has 1 unspecified atom stereocenters. The monoisotopic (exact) mass is 232 g/mol. The molecular formula is C12H28O2Si. The molecule has 0 rings (SSSR count). The SMILES string of the molecule is CCO[Si](C)(COCC(C)C)C(C)(C)C. The van der Waals surface area contributed by atoms with Crippen molar-refractivity contribution < 1.29 is 9.16 Å². The fourth-order valence-corrected chi connectivity index (χ4v) is 3.38. The van der Waals surface area contributed by atoms with Gasteiger partial charge < -0.3 is 9.16 Å². The van der Waals surface area contributed by atoms with Crippen molar-refractivity contribution in [1.82, 2.24) is 0 Å². The van der Waals surface area contributed by atoms with Crippen molar-refractivity contribution in [2.24, 2.45) is 5.92 Å². The van der Waals surface area contributed by atoms with Gasteiger partial charge >= 0.3 is 0 Å². The van der Waals surface area contributed by atoms with E-state index in [1.165, 1.54) is 0 Å². The average molecular weight is 232 g/mol. The predicted octanol–water partition coefficient (Wildman–Crippen LogP) is 3.61. The number of rotatable bonds is 6. The second-order valence-electron chi connectivity index (χ2n) is 5.82. The molecular weight excluding hydrogens is 204 g/mol. The molecule has 0 heterocycles. The van der Waals surface area contributed by atoms with E-state index in [-0.39, 0.29) is 5.04 Å². The lowest BCUT2D eigenvalue weighted by Gasteiger charge is -2.38. The summed E-state index contributed by atoms with van der Waals surface area (Å²) < 4.78 is 11.8. The first-order chi connectivity index (χ1) is 6.73. The molecule has 92 valence electrons. The van der Waals surface area contributed by atoms with E-state index in [4.69, 9.17) is 9.16 Å². The maximum Gasteiger partial charge on any atom is 0.220 e. The van der Waals surface area contributed by atoms with Gasteiger partial charge in [-0.25, -0.2) is 0 Å². The van der Waals surface area contributed by atoms with Crippen LogP contribution in [0.4, 0.5) is 0 Å². The Bertz CT molecular complexity index is 175.